The number of aliphatic carboxylic acids is 1. The normalized spacial score (nSPS) is 16.4. The van der Waals surface area contributed by atoms with Crippen molar-refractivity contribution in [3.63, 3.8) is 0 Å². The Kier molecular flexibility index (Phi) is 3.92. The summed E-state index contributed by atoms with van der Waals surface area (Å²) in [6, 6.07) is 0. The lowest BCUT2D eigenvalue weighted by Gasteiger charge is -2.38. The van der Waals surface area contributed by atoms with E-state index < -0.39 is 30.1 Å². The van der Waals surface area contributed by atoms with E-state index in [0.717, 1.165) is 27.9 Å². The minimum atomic E-state index is -4.99. The van der Waals surface area contributed by atoms with E-state index >= 15 is 0 Å². The van der Waals surface area contributed by atoms with Gasteiger partial charge in [0.2, 0.25) is 0 Å². The van der Waals surface area contributed by atoms with Gasteiger partial charge in [0.05, 0.1) is 12.5 Å². The van der Waals surface area contributed by atoms with E-state index in [-0.39, 0.29) is 0 Å². The fraction of sp³-hybridized carbons (Fsp3) is 0.750. The summed E-state index contributed by atoms with van der Waals surface area (Å²) in [5, 5.41) is 6.50. The van der Waals surface area contributed by atoms with Crippen LogP contribution in [0.5, 0.6) is 0 Å². The van der Waals surface area contributed by atoms with Crippen molar-refractivity contribution in [2.75, 3.05) is 7.11 Å². The Hall–Kier alpha value is -0.910. The number of carboxylic acid groups (broad SMARTS) is 1. The van der Waals surface area contributed by atoms with Crippen LogP contribution in [-0.2, 0) is 18.9 Å². The largest absolute Gasteiger partial charge is 0.481 e. The molecule has 0 spiro atoms. The van der Waals surface area contributed by atoms with Crippen LogP contribution in [0.25, 0.3) is 0 Å². The van der Waals surface area contributed by atoms with Gasteiger partial charge in [-0.2, -0.15) is 0 Å². The second kappa shape index (κ2) is 4.16. The molecule has 0 saturated carbocycles. The summed E-state index contributed by atoms with van der Waals surface area (Å²) in [4.78, 5) is 40.8. The molecular formula is C8H15O7P. The maximum atomic E-state index is 11.5. The van der Waals surface area contributed by atoms with Gasteiger partial charge in [0.15, 0.2) is 5.16 Å². The predicted molar refractivity (Wildman–Crippen MR) is 53.9 cm³/mol. The van der Waals surface area contributed by atoms with E-state index in [1.54, 1.807) is 0 Å². The Balaban J connectivity index is 5.90. The van der Waals surface area contributed by atoms with Gasteiger partial charge in [0.25, 0.3) is 0 Å². The molecule has 0 aromatic heterocycles. The molecule has 0 aromatic carbocycles. The molecule has 0 radical (unpaired) electrons. The van der Waals surface area contributed by atoms with Crippen LogP contribution in [0.3, 0.4) is 0 Å². The maximum absolute atomic E-state index is 11.5. The van der Waals surface area contributed by atoms with Crippen LogP contribution in [0, 0.1) is 5.41 Å². The summed E-state index contributed by atoms with van der Waals surface area (Å²) in [6.45, 7) is 3.00. The molecule has 0 bridgehead atoms. The van der Waals surface area contributed by atoms with Gasteiger partial charge in [0.1, 0.15) is 0 Å². The molecule has 1 atom stereocenters. The maximum Gasteiger partial charge on any atom is 0.343 e. The fourth-order valence-electron chi connectivity index (χ4n) is 1.15. The minimum Gasteiger partial charge on any atom is -0.481 e. The molecule has 94 valence electrons. The Morgan fingerprint density at radius 1 is 1.19 bits per heavy atom. The lowest BCUT2D eigenvalue weighted by atomic mass is 9.79. The van der Waals surface area contributed by atoms with Crippen molar-refractivity contribution in [2.45, 2.75) is 25.9 Å². The molecule has 0 aliphatic rings. The van der Waals surface area contributed by atoms with Crippen molar-refractivity contribution in [1.29, 1.82) is 0 Å². The second-order valence-electron chi connectivity index (χ2n) is 4.04. The lowest BCUT2D eigenvalue weighted by molar-refractivity contribution is -0.159. The van der Waals surface area contributed by atoms with Crippen LogP contribution in [0.15, 0.2) is 0 Å². The topological polar surface area (TPSA) is 121 Å². The van der Waals surface area contributed by atoms with E-state index in [1.807, 2.05) is 0 Å². The zero-order chi connectivity index (χ0) is 13.4. The minimum absolute atomic E-state index is 0.883. The Morgan fingerprint density at radius 2 is 1.56 bits per heavy atom. The van der Waals surface area contributed by atoms with Gasteiger partial charge in [0, 0.05) is 0 Å². The summed E-state index contributed by atoms with van der Waals surface area (Å²) in [5.41, 5.74) is -1.96. The monoisotopic (exact) mass is 254 g/mol. The molecule has 0 fully saturated rings. The number of ether oxygens (including phenoxy) is 1. The Morgan fingerprint density at radius 3 is 1.75 bits per heavy atom. The van der Waals surface area contributed by atoms with Crippen molar-refractivity contribution in [1.82, 2.24) is 0 Å². The average molecular weight is 254 g/mol. The number of hydrogen-bond donors (Lipinski definition) is 3. The van der Waals surface area contributed by atoms with Gasteiger partial charge in [-0.05, 0) is 20.8 Å². The van der Waals surface area contributed by atoms with Crippen molar-refractivity contribution < 1.29 is 33.8 Å². The highest BCUT2D eigenvalue weighted by molar-refractivity contribution is 7.54. The smallest absolute Gasteiger partial charge is 0.343 e. The van der Waals surface area contributed by atoms with Crippen LogP contribution in [0.1, 0.15) is 20.8 Å². The summed E-state index contributed by atoms with van der Waals surface area (Å²) in [5.74, 6) is -2.75. The number of carboxylic acids is 1. The first kappa shape index (κ1) is 15.1. The predicted octanol–water partition coefficient (Wildman–Crippen LogP) is 0.207. The van der Waals surface area contributed by atoms with Crippen molar-refractivity contribution in [3.05, 3.63) is 0 Å². The van der Waals surface area contributed by atoms with E-state index in [9.17, 15) is 14.2 Å². The number of carbonyl (C=O) groups excluding carboxylic acids is 1. The van der Waals surface area contributed by atoms with Crippen molar-refractivity contribution in [3.8, 4) is 0 Å². The lowest BCUT2D eigenvalue weighted by Crippen LogP contribution is -2.53. The zero-order valence-electron chi connectivity index (χ0n) is 9.42. The molecular weight excluding hydrogens is 239 g/mol. The van der Waals surface area contributed by atoms with Crippen LogP contribution >= 0.6 is 7.60 Å². The Labute approximate surface area is 92.6 Å². The number of esters is 1. The second-order valence-corrected chi connectivity index (χ2v) is 6.02. The van der Waals surface area contributed by atoms with Gasteiger partial charge in [-0.1, -0.05) is 0 Å². The standard InChI is InChI=1S/C8H15O7P/c1-7(2,5(9)10)8(3,6(11)15-4)16(12,13)14/h1-4H3,(H,9,10)(H2,12,13,14). The van der Waals surface area contributed by atoms with Crippen LogP contribution in [0.4, 0.5) is 0 Å². The van der Waals surface area contributed by atoms with E-state index in [1.165, 1.54) is 0 Å². The third kappa shape index (κ3) is 1.98. The summed E-state index contributed by atoms with van der Waals surface area (Å²) < 4.78 is 15.6. The third-order valence-corrected chi connectivity index (χ3v) is 4.82. The number of carbonyl (C=O) groups is 2. The number of hydrogen-bond acceptors (Lipinski definition) is 4. The van der Waals surface area contributed by atoms with Gasteiger partial charge in [-0.25, -0.2) is 0 Å². The average Bonchev–Trinajstić information content (AvgIpc) is 2.12. The molecule has 3 N–H and O–H groups in total. The molecule has 8 heteroatoms. The van der Waals surface area contributed by atoms with Crippen molar-refractivity contribution in [2.24, 2.45) is 5.41 Å². The highest BCUT2D eigenvalue weighted by Crippen LogP contribution is 2.59. The Bertz CT molecular complexity index is 355. The first-order chi connectivity index (χ1) is 6.92. The number of rotatable bonds is 4. The van der Waals surface area contributed by atoms with E-state index in [2.05, 4.69) is 4.74 Å². The molecule has 0 heterocycles. The van der Waals surface area contributed by atoms with Gasteiger partial charge >= 0.3 is 19.5 Å². The molecule has 1 unspecified atom stereocenters. The molecule has 0 saturated heterocycles. The molecule has 7 nitrogen and oxygen atoms in total. The molecule has 0 aromatic rings. The first-order valence-corrected chi connectivity index (χ1v) is 5.91. The molecule has 0 rings (SSSR count). The van der Waals surface area contributed by atoms with Gasteiger partial charge in [-0.3, -0.25) is 14.2 Å². The highest BCUT2D eigenvalue weighted by Gasteiger charge is 2.63. The van der Waals surface area contributed by atoms with E-state index in [0.29, 0.717) is 0 Å². The first-order valence-electron chi connectivity index (χ1n) is 4.30. The summed E-state index contributed by atoms with van der Waals surface area (Å²) in [6.07, 6.45) is 0. The van der Waals surface area contributed by atoms with Gasteiger partial charge < -0.3 is 19.6 Å². The molecule has 0 amide bonds. The summed E-state index contributed by atoms with van der Waals surface area (Å²) >= 11 is 0. The van der Waals surface area contributed by atoms with Crippen LogP contribution in [0.2, 0.25) is 0 Å². The fourth-order valence-corrected chi connectivity index (χ4v) is 2.30. The van der Waals surface area contributed by atoms with Crippen molar-refractivity contribution >= 4 is 19.5 Å². The highest BCUT2D eigenvalue weighted by atomic mass is 31.2. The molecule has 0 aliphatic carbocycles. The summed E-state index contributed by atoms with van der Waals surface area (Å²) in [7, 11) is -4.05. The van der Waals surface area contributed by atoms with Gasteiger partial charge in [-0.15, -0.1) is 0 Å². The van der Waals surface area contributed by atoms with Crippen LogP contribution < -0.4 is 0 Å². The third-order valence-electron chi connectivity index (χ3n) is 2.92. The SMILES string of the molecule is COC(=O)C(C)(C(C)(C)C(=O)O)P(=O)(O)O. The van der Waals surface area contributed by atoms with Crippen LogP contribution in [-0.4, -0.2) is 39.1 Å². The zero-order valence-corrected chi connectivity index (χ0v) is 10.3. The molecule has 16 heavy (non-hydrogen) atoms. The molecule has 0 aliphatic heterocycles. The quantitative estimate of drug-likeness (QED) is 0.484. The number of methoxy groups -OCH3 is 1. The van der Waals surface area contributed by atoms with E-state index in [4.69, 9.17) is 14.9 Å².